The topological polar surface area (TPSA) is 111 Å². The number of aryl methyl sites for hydroxylation is 2. The van der Waals surface area contributed by atoms with Crippen molar-refractivity contribution in [3.05, 3.63) is 76.9 Å². The summed E-state index contributed by atoms with van der Waals surface area (Å²) in [4.78, 5) is 20.2. The lowest BCUT2D eigenvalue weighted by molar-refractivity contribution is 0.0955. The number of imidazole rings is 1. The van der Waals surface area contributed by atoms with Gasteiger partial charge in [-0.25, -0.2) is 10.4 Å². The Labute approximate surface area is 172 Å². The summed E-state index contributed by atoms with van der Waals surface area (Å²) in [6.45, 7) is 4.12. The first-order valence-corrected chi connectivity index (χ1v) is 9.33. The highest BCUT2D eigenvalue weighted by atomic mass is 16.3. The Bertz CT molecular complexity index is 1230. The molecule has 0 aliphatic rings. The molecule has 1 aromatic heterocycles. The lowest BCUT2D eigenvalue weighted by Crippen LogP contribution is -2.17. The number of hydrogen-bond acceptors (Lipinski definition) is 5. The van der Waals surface area contributed by atoms with Crippen LogP contribution in [0.5, 0.6) is 11.5 Å². The smallest absolute Gasteiger partial charge is 0.271 e. The standard InChI is InChI=1S/C23H20N4O3/c1-13-9-19-20(10-14(13)2)26-22(25-19)15-3-5-16(6-4-15)23(30)27-24-12-17-7-8-18(28)11-21(17)29/h3-12,28-29H,1-2H3,(H,25,26)(H,27,30)/b24-12+. The van der Waals surface area contributed by atoms with Gasteiger partial charge in [0.25, 0.3) is 5.91 Å². The average molecular weight is 400 g/mol. The maximum Gasteiger partial charge on any atom is 0.271 e. The van der Waals surface area contributed by atoms with Gasteiger partial charge >= 0.3 is 0 Å². The number of phenols is 2. The number of nitrogens with one attached hydrogen (secondary N) is 2. The van der Waals surface area contributed by atoms with E-state index in [9.17, 15) is 15.0 Å². The molecule has 0 spiro atoms. The van der Waals surface area contributed by atoms with E-state index in [1.54, 1.807) is 12.1 Å². The molecule has 0 aliphatic heterocycles. The van der Waals surface area contributed by atoms with E-state index in [1.807, 2.05) is 12.1 Å². The van der Waals surface area contributed by atoms with Crippen LogP contribution >= 0.6 is 0 Å². The minimum atomic E-state index is -0.382. The van der Waals surface area contributed by atoms with E-state index in [4.69, 9.17) is 0 Å². The van der Waals surface area contributed by atoms with Crippen molar-refractivity contribution in [1.29, 1.82) is 0 Å². The van der Waals surface area contributed by atoms with Crippen molar-refractivity contribution in [2.45, 2.75) is 13.8 Å². The van der Waals surface area contributed by atoms with Gasteiger partial charge in [0.2, 0.25) is 0 Å². The maximum absolute atomic E-state index is 12.3. The van der Waals surface area contributed by atoms with Gasteiger partial charge < -0.3 is 15.2 Å². The third kappa shape index (κ3) is 3.86. The van der Waals surface area contributed by atoms with Gasteiger partial charge in [-0.05, 0) is 61.4 Å². The summed E-state index contributed by atoms with van der Waals surface area (Å²) in [5, 5.41) is 22.9. The Kier molecular flexibility index (Phi) is 4.93. The fourth-order valence-electron chi connectivity index (χ4n) is 3.05. The third-order valence-corrected chi connectivity index (χ3v) is 4.90. The molecule has 0 saturated heterocycles. The summed E-state index contributed by atoms with van der Waals surface area (Å²) in [6.07, 6.45) is 1.30. The van der Waals surface area contributed by atoms with Crippen LogP contribution in [0.2, 0.25) is 0 Å². The van der Waals surface area contributed by atoms with Gasteiger partial charge in [0, 0.05) is 22.8 Å². The summed E-state index contributed by atoms with van der Waals surface area (Å²) in [7, 11) is 0. The van der Waals surface area contributed by atoms with Crippen molar-refractivity contribution in [1.82, 2.24) is 15.4 Å². The molecule has 0 aliphatic carbocycles. The van der Waals surface area contributed by atoms with Gasteiger partial charge in [-0.3, -0.25) is 4.79 Å². The molecule has 0 fully saturated rings. The number of rotatable bonds is 4. The van der Waals surface area contributed by atoms with Crippen molar-refractivity contribution in [2.75, 3.05) is 0 Å². The Morgan fingerprint density at radius 1 is 1.03 bits per heavy atom. The predicted molar refractivity (Wildman–Crippen MR) is 116 cm³/mol. The van der Waals surface area contributed by atoms with E-state index in [2.05, 4.69) is 46.5 Å². The Morgan fingerprint density at radius 2 is 1.77 bits per heavy atom. The van der Waals surface area contributed by atoms with Crippen molar-refractivity contribution in [2.24, 2.45) is 5.10 Å². The number of hydrogen-bond donors (Lipinski definition) is 4. The molecule has 30 heavy (non-hydrogen) atoms. The van der Waals surface area contributed by atoms with Crippen molar-refractivity contribution >= 4 is 23.2 Å². The van der Waals surface area contributed by atoms with Gasteiger partial charge in [-0.15, -0.1) is 0 Å². The van der Waals surface area contributed by atoms with Crippen molar-refractivity contribution < 1.29 is 15.0 Å². The van der Waals surface area contributed by atoms with Crippen LogP contribution in [0.15, 0.2) is 59.7 Å². The van der Waals surface area contributed by atoms with E-state index in [-0.39, 0.29) is 17.4 Å². The number of amides is 1. The molecule has 1 heterocycles. The second kappa shape index (κ2) is 7.71. The molecule has 1 amide bonds. The SMILES string of the molecule is Cc1cc2nc(-c3ccc(C(=O)N/N=C/c4ccc(O)cc4O)cc3)[nH]c2cc1C. The number of H-pyrrole nitrogens is 1. The van der Waals surface area contributed by atoms with E-state index in [0.29, 0.717) is 11.1 Å². The van der Waals surface area contributed by atoms with E-state index in [0.717, 1.165) is 22.4 Å². The molecule has 4 aromatic rings. The molecular formula is C23H20N4O3. The molecule has 0 atom stereocenters. The molecule has 7 nitrogen and oxygen atoms in total. The fourth-order valence-corrected chi connectivity index (χ4v) is 3.05. The molecule has 4 rings (SSSR count). The molecule has 0 bridgehead atoms. The van der Waals surface area contributed by atoms with Crippen molar-refractivity contribution in [3.63, 3.8) is 0 Å². The predicted octanol–water partition coefficient (Wildman–Crippen LogP) is 4.02. The first-order chi connectivity index (χ1) is 14.4. The van der Waals surface area contributed by atoms with Crippen LogP contribution in [0, 0.1) is 13.8 Å². The number of carbonyl (C=O) groups excluding carboxylic acids is 1. The highest BCUT2D eigenvalue weighted by molar-refractivity contribution is 5.95. The number of phenolic OH excluding ortho intramolecular Hbond substituents is 2. The zero-order chi connectivity index (χ0) is 21.3. The number of benzene rings is 3. The number of aromatic hydroxyl groups is 2. The van der Waals surface area contributed by atoms with Crippen molar-refractivity contribution in [3.8, 4) is 22.9 Å². The zero-order valence-electron chi connectivity index (χ0n) is 16.5. The van der Waals surface area contributed by atoms with E-state index >= 15 is 0 Å². The van der Waals surface area contributed by atoms with Gasteiger partial charge in [0.05, 0.1) is 17.2 Å². The summed E-state index contributed by atoms with van der Waals surface area (Å²) in [5.41, 5.74) is 8.37. The second-order valence-corrected chi connectivity index (χ2v) is 7.06. The monoisotopic (exact) mass is 400 g/mol. The normalized spacial score (nSPS) is 11.3. The van der Waals surface area contributed by atoms with Crippen LogP contribution < -0.4 is 5.43 Å². The molecule has 150 valence electrons. The number of nitrogens with zero attached hydrogens (tertiary/aromatic N) is 2. The summed E-state index contributed by atoms with van der Waals surface area (Å²) in [5.74, 6) is 0.173. The number of fused-ring (bicyclic) bond motifs is 1. The Balaban J connectivity index is 1.47. The summed E-state index contributed by atoms with van der Waals surface area (Å²) in [6, 6.07) is 15.3. The van der Waals surface area contributed by atoms with Crippen LogP contribution in [0.3, 0.4) is 0 Å². The number of aromatic nitrogens is 2. The number of carbonyl (C=O) groups is 1. The van der Waals surface area contributed by atoms with Crippen LogP contribution in [0.1, 0.15) is 27.0 Å². The average Bonchev–Trinajstić information content (AvgIpc) is 3.12. The Morgan fingerprint density at radius 3 is 2.50 bits per heavy atom. The van der Waals surface area contributed by atoms with Crippen LogP contribution in [-0.2, 0) is 0 Å². The highest BCUT2D eigenvalue weighted by Gasteiger charge is 2.09. The number of aromatic amines is 1. The largest absolute Gasteiger partial charge is 0.508 e. The highest BCUT2D eigenvalue weighted by Crippen LogP contribution is 2.23. The van der Waals surface area contributed by atoms with Crippen LogP contribution in [-0.4, -0.2) is 32.3 Å². The molecule has 0 saturated carbocycles. The lowest BCUT2D eigenvalue weighted by Gasteiger charge is -2.02. The minimum absolute atomic E-state index is 0.0523. The molecule has 0 radical (unpaired) electrons. The van der Waals surface area contributed by atoms with E-state index < -0.39 is 0 Å². The lowest BCUT2D eigenvalue weighted by atomic mass is 10.1. The maximum atomic E-state index is 12.3. The fraction of sp³-hybridized carbons (Fsp3) is 0.0870. The first-order valence-electron chi connectivity index (χ1n) is 9.33. The van der Waals surface area contributed by atoms with Crippen LogP contribution in [0.4, 0.5) is 0 Å². The molecule has 4 N–H and O–H groups in total. The van der Waals surface area contributed by atoms with Crippen LogP contribution in [0.25, 0.3) is 22.4 Å². The van der Waals surface area contributed by atoms with Gasteiger partial charge in [0.1, 0.15) is 17.3 Å². The second-order valence-electron chi connectivity index (χ2n) is 7.06. The first kappa shape index (κ1) is 19.2. The number of hydrazone groups is 1. The molecule has 3 aromatic carbocycles. The third-order valence-electron chi connectivity index (χ3n) is 4.90. The molecule has 7 heteroatoms. The van der Waals surface area contributed by atoms with E-state index in [1.165, 1.54) is 35.5 Å². The molecule has 0 unspecified atom stereocenters. The van der Waals surface area contributed by atoms with Gasteiger partial charge in [-0.1, -0.05) is 12.1 Å². The Hall–Kier alpha value is -4.13. The summed E-state index contributed by atoms with van der Waals surface area (Å²) >= 11 is 0. The zero-order valence-corrected chi connectivity index (χ0v) is 16.5. The quantitative estimate of drug-likeness (QED) is 0.306. The van der Waals surface area contributed by atoms with Gasteiger partial charge in [-0.2, -0.15) is 5.10 Å². The minimum Gasteiger partial charge on any atom is -0.508 e. The van der Waals surface area contributed by atoms with Gasteiger partial charge in [0.15, 0.2) is 0 Å². The summed E-state index contributed by atoms with van der Waals surface area (Å²) < 4.78 is 0. The molecular weight excluding hydrogens is 380 g/mol.